The van der Waals surface area contributed by atoms with Crippen LogP contribution in [0.2, 0.25) is 0 Å². The molecule has 0 saturated heterocycles. The van der Waals surface area contributed by atoms with Gasteiger partial charge in [-0.25, -0.2) is 14.9 Å². The monoisotopic (exact) mass is 417 g/mol. The Morgan fingerprint density at radius 1 is 1.48 bits per heavy atom. The Morgan fingerprint density at radius 3 is 2.74 bits per heavy atom. The summed E-state index contributed by atoms with van der Waals surface area (Å²) in [6, 6.07) is 5.31. The van der Waals surface area contributed by atoms with Crippen molar-refractivity contribution in [2.75, 3.05) is 13.2 Å². The number of benzene rings is 1. The molecule has 123 valence electrons. The van der Waals surface area contributed by atoms with Crippen molar-refractivity contribution < 1.29 is 51.0 Å². The summed E-state index contributed by atoms with van der Waals surface area (Å²) in [4.78, 5) is 13.1. The normalized spacial score (nSPS) is 17.8. The van der Waals surface area contributed by atoms with Gasteiger partial charge in [-0.2, -0.15) is 0 Å². The fraction of sp³-hybridized carbons (Fsp3) is 0.438. The Bertz CT molecular complexity index is 595. The quantitative estimate of drug-likeness (QED) is 0.541. The van der Waals surface area contributed by atoms with Crippen molar-refractivity contribution >= 4 is 23.2 Å². The van der Waals surface area contributed by atoms with Crippen molar-refractivity contribution in [3.8, 4) is 5.75 Å². The summed E-state index contributed by atoms with van der Waals surface area (Å²) in [5, 5.41) is -0.842. The number of amides is 1. The van der Waals surface area contributed by atoms with Gasteiger partial charge in [0, 0.05) is 32.7 Å². The van der Waals surface area contributed by atoms with Crippen molar-refractivity contribution in [1.82, 2.24) is 4.90 Å². The van der Waals surface area contributed by atoms with Crippen LogP contribution in [0, 0.1) is 13.0 Å². The molecule has 1 heterocycles. The maximum absolute atomic E-state index is 12.8. The van der Waals surface area contributed by atoms with Crippen LogP contribution in [0.1, 0.15) is 24.5 Å². The van der Waals surface area contributed by atoms with E-state index >= 15 is 0 Å². The molecule has 1 unspecified atom stereocenters. The minimum Gasteiger partial charge on any atom is -0.494 e. The van der Waals surface area contributed by atoms with Crippen LogP contribution in [0.25, 0.3) is 5.70 Å². The Balaban J connectivity index is 0.00000264. The van der Waals surface area contributed by atoms with Gasteiger partial charge in [-0.3, -0.25) is 4.79 Å². The van der Waals surface area contributed by atoms with Crippen molar-refractivity contribution in [3.05, 3.63) is 35.4 Å². The molecule has 3 nitrogen and oxygen atoms in total. The molecule has 0 aromatic heterocycles. The topological polar surface area (TPSA) is 29.5 Å². The first-order valence-corrected chi connectivity index (χ1v) is 7.46. The Labute approximate surface area is 164 Å². The van der Waals surface area contributed by atoms with E-state index in [1.807, 2.05) is 19.9 Å². The predicted molar refractivity (Wildman–Crippen MR) is 81.0 cm³/mol. The maximum Gasteiger partial charge on any atom is 0.256 e. The number of alkyl halides is 3. The van der Waals surface area contributed by atoms with Crippen LogP contribution in [0.3, 0.4) is 0 Å². The molecule has 2 rings (SSSR count). The first-order valence-electron chi connectivity index (χ1n) is 7.02. The first-order chi connectivity index (χ1) is 10.4. The molecular formula is C16H17ClF2NO2Y-. The zero-order valence-corrected chi connectivity index (χ0v) is 16.6. The number of rotatable bonds is 5. The van der Waals surface area contributed by atoms with Gasteiger partial charge < -0.3 is 9.64 Å². The number of carbonyl (C=O) groups is 1. The van der Waals surface area contributed by atoms with Gasteiger partial charge in [0.2, 0.25) is 5.91 Å². The third kappa shape index (κ3) is 4.98. The fourth-order valence-electron chi connectivity index (χ4n) is 2.37. The van der Waals surface area contributed by atoms with Gasteiger partial charge in [0.25, 0.3) is 6.43 Å². The molecule has 7 heteroatoms. The SMILES string of the molecule is CCOc1ccc(C2=[C-]CC(Cl)C(=O)N2CC(F)F)c(C)c1.[Y]. The largest absolute Gasteiger partial charge is 0.494 e. The third-order valence-electron chi connectivity index (χ3n) is 3.34. The van der Waals surface area contributed by atoms with Gasteiger partial charge in [-0.15, -0.1) is 34.5 Å². The average Bonchev–Trinajstić information content (AvgIpc) is 2.45. The van der Waals surface area contributed by atoms with Gasteiger partial charge in [-0.05, 0) is 19.1 Å². The zero-order valence-electron chi connectivity index (χ0n) is 13.0. The molecule has 0 N–H and O–H groups in total. The number of hydrogen-bond donors (Lipinski definition) is 0. The molecule has 1 amide bonds. The third-order valence-corrected chi connectivity index (χ3v) is 3.68. The van der Waals surface area contributed by atoms with Crippen LogP contribution in [0.15, 0.2) is 18.2 Å². The molecule has 0 saturated carbocycles. The summed E-state index contributed by atoms with van der Waals surface area (Å²) >= 11 is 5.87. The number of aryl methyl sites for hydroxylation is 1. The second-order valence-corrected chi connectivity index (χ2v) is 5.47. The molecule has 0 spiro atoms. The van der Waals surface area contributed by atoms with Gasteiger partial charge in [-0.1, -0.05) is 13.3 Å². The molecule has 23 heavy (non-hydrogen) atoms. The van der Waals surface area contributed by atoms with E-state index in [-0.39, 0.29) is 39.1 Å². The van der Waals surface area contributed by atoms with Crippen molar-refractivity contribution in [1.29, 1.82) is 0 Å². The zero-order chi connectivity index (χ0) is 16.3. The second kappa shape index (κ2) is 9.09. The van der Waals surface area contributed by atoms with E-state index in [0.29, 0.717) is 23.6 Å². The summed E-state index contributed by atoms with van der Waals surface area (Å²) in [5.41, 5.74) is 1.87. The van der Waals surface area contributed by atoms with Crippen molar-refractivity contribution in [2.45, 2.75) is 32.1 Å². The van der Waals surface area contributed by atoms with Crippen LogP contribution in [-0.4, -0.2) is 35.8 Å². The molecule has 1 aromatic rings. The standard InChI is InChI=1S/C16H17ClF2NO2.Y/c1-3-22-11-4-5-12(10(2)8-11)14-7-6-13(17)16(21)20(14)9-15(18)19;/h4-5,8,13,15H,3,6,9H2,1-2H3;/q-1;. The molecule has 1 radical (unpaired) electrons. The Morgan fingerprint density at radius 2 is 2.17 bits per heavy atom. The number of nitrogens with zero attached hydrogens (tertiary/aromatic N) is 1. The number of hydrogen-bond acceptors (Lipinski definition) is 2. The predicted octanol–water partition coefficient (Wildman–Crippen LogP) is 3.64. The van der Waals surface area contributed by atoms with Crippen molar-refractivity contribution in [3.63, 3.8) is 0 Å². The summed E-state index contributed by atoms with van der Waals surface area (Å²) in [6.45, 7) is 3.57. The Kier molecular flexibility index (Phi) is 8.12. The van der Waals surface area contributed by atoms with E-state index < -0.39 is 24.3 Å². The van der Waals surface area contributed by atoms with Crippen LogP contribution < -0.4 is 4.74 Å². The van der Waals surface area contributed by atoms with E-state index in [1.165, 1.54) is 0 Å². The minimum atomic E-state index is -2.63. The molecular weight excluding hydrogens is 401 g/mol. The fourth-order valence-corrected chi connectivity index (χ4v) is 2.56. The second-order valence-electron chi connectivity index (χ2n) is 4.95. The number of halogens is 3. The smallest absolute Gasteiger partial charge is 0.256 e. The summed E-state index contributed by atoms with van der Waals surface area (Å²) < 4.78 is 31.0. The average molecular weight is 418 g/mol. The maximum atomic E-state index is 12.8. The van der Waals surface area contributed by atoms with Crippen molar-refractivity contribution in [2.24, 2.45) is 0 Å². The van der Waals surface area contributed by atoms with Crippen LogP contribution >= 0.6 is 11.6 Å². The number of carbonyl (C=O) groups excluding carboxylic acids is 1. The molecule has 1 aromatic carbocycles. The van der Waals surface area contributed by atoms with Gasteiger partial charge in [0.15, 0.2) is 0 Å². The van der Waals surface area contributed by atoms with E-state index in [0.717, 1.165) is 10.5 Å². The summed E-state index contributed by atoms with van der Waals surface area (Å²) in [7, 11) is 0. The minimum absolute atomic E-state index is 0. The first kappa shape index (κ1) is 20.5. The summed E-state index contributed by atoms with van der Waals surface area (Å²) in [5.74, 6) is 0.186. The summed E-state index contributed by atoms with van der Waals surface area (Å²) in [6.07, 6.45) is 0.556. The van der Waals surface area contributed by atoms with E-state index in [1.54, 1.807) is 12.1 Å². The van der Waals surface area contributed by atoms with Crippen LogP contribution in [0.4, 0.5) is 8.78 Å². The molecule has 1 aliphatic rings. The molecule has 0 fully saturated rings. The Hall–Kier alpha value is -0.516. The molecule has 1 atom stereocenters. The van der Waals surface area contributed by atoms with Gasteiger partial charge in [0.05, 0.1) is 13.2 Å². The molecule has 0 aliphatic carbocycles. The number of ether oxygens (including phenoxy) is 1. The van der Waals surface area contributed by atoms with Crippen LogP contribution in [-0.2, 0) is 37.5 Å². The number of allylic oxidation sites excluding steroid dienone is 1. The molecule has 0 bridgehead atoms. The van der Waals surface area contributed by atoms with E-state index in [2.05, 4.69) is 6.08 Å². The van der Waals surface area contributed by atoms with Gasteiger partial charge >= 0.3 is 0 Å². The van der Waals surface area contributed by atoms with E-state index in [9.17, 15) is 13.6 Å². The van der Waals surface area contributed by atoms with Crippen LogP contribution in [0.5, 0.6) is 5.75 Å². The molecule has 1 aliphatic heterocycles. The van der Waals surface area contributed by atoms with E-state index in [4.69, 9.17) is 16.3 Å². The van der Waals surface area contributed by atoms with Gasteiger partial charge in [0.1, 0.15) is 11.1 Å².